The molecule has 2 nitrogen and oxygen atoms in total. The van der Waals surface area contributed by atoms with Gasteiger partial charge in [-0.1, -0.05) is 26.0 Å². The van der Waals surface area contributed by atoms with E-state index in [0.29, 0.717) is 0 Å². The first kappa shape index (κ1) is 12.9. The van der Waals surface area contributed by atoms with Crippen molar-refractivity contribution in [1.82, 2.24) is 4.90 Å². The fourth-order valence-corrected chi connectivity index (χ4v) is 3.27. The van der Waals surface area contributed by atoms with Gasteiger partial charge in [-0.05, 0) is 45.8 Å². The summed E-state index contributed by atoms with van der Waals surface area (Å²) in [5, 5.41) is 0. The van der Waals surface area contributed by atoms with Crippen LogP contribution < -0.4 is 5.73 Å². The Labute approximate surface area is 112 Å². The van der Waals surface area contributed by atoms with Crippen molar-refractivity contribution < 1.29 is 0 Å². The van der Waals surface area contributed by atoms with Gasteiger partial charge in [0.15, 0.2) is 0 Å². The number of rotatable bonds is 2. The van der Waals surface area contributed by atoms with Crippen molar-refractivity contribution >= 4 is 21.6 Å². The number of halogens is 1. The van der Waals surface area contributed by atoms with Gasteiger partial charge in [-0.15, -0.1) is 0 Å². The second-order valence-corrected chi connectivity index (χ2v) is 6.25. The zero-order chi connectivity index (χ0) is 12.4. The van der Waals surface area contributed by atoms with Crippen molar-refractivity contribution in [3.8, 4) is 0 Å². The first-order valence-electron chi connectivity index (χ1n) is 6.31. The monoisotopic (exact) mass is 296 g/mol. The highest BCUT2D eigenvalue weighted by Crippen LogP contribution is 2.27. The number of hydrogen-bond donors (Lipinski definition) is 1. The third-order valence-corrected chi connectivity index (χ3v) is 4.41. The average Bonchev–Trinajstić information content (AvgIpc) is 2.23. The lowest BCUT2D eigenvalue weighted by Crippen LogP contribution is -2.38. The minimum atomic E-state index is 0.804. The SMILES string of the molecule is CC1CC(C)CN(Cc2cccc(N)c2Br)C1. The van der Waals surface area contributed by atoms with E-state index in [0.717, 1.165) is 28.5 Å². The van der Waals surface area contributed by atoms with Gasteiger partial charge in [-0.3, -0.25) is 4.90 Å². The Morgan fingerprint density at radius 1 is 1.29 bits per heavy atom. The Balaban J connectivity index is 2.07. The number of benzene rings is 1. The third kappa shape index (κ3) is 3.23. The summed E-state index contributed by atoms with van der Waals surface area (Å²) in [6.45, 7) is 8.09. The van der Waals surface area contributed by atoms with Crippen LogP contribution in [0.2, 0.25) is 0 Å². The molecule has 0 spiro atoms. The molecule has 1 aromatic rings. The average molecular weight is 297 g/mol. The van der Waals surface area contributed by atoms with Crippen molar-refractivity contribution in [2.24, 2.45) is 11.8 Å². The molecule has 17 heavy (non-hydrogen) atoms. The number of nitrogens with zero attached hydrogens (tertiary/aromatic N) is 1. The van der Waals surface area contributed by atoms with Gasteiger partial charge in [0.25, 0.3) is 0 Å². The van der Waals surface area contributed by atoms with Crippen LogP contribution in [0.4, 0.5) is 5.69 Å². The third-order valence-electron chi connectivity index (χ3n) is 3.45. The van der Waals surface area contributed by atoms with Crippen molar-refractivity contribution in [2.75, 3.05) is 18.8 Å². The van der Waals surface area contributed by atoms with Crippen molar-refractivity contribution in [2.45, 2.75) is 26.8 Å². The number of nitrogen functional groups attached to an aromatic ring is 1. The molecule has 94 valence electrons. The first-order valence-corrected chi connectivity index (χ1v) is 7.10. The van der Waals surface area contributed by atoms with E-state index < -0.39 is 0 Å². The number of hydrogen-bond acceptors (Lipinski definition) is 2. The predicted molar refractivity (Wildman–Crippen MR) is 76.8 cm³/mol. The summed E-state index contributed by atoms with van der Waals surface area (Å²) in [5.41, 5.74) is 8.05. The van der Waals surface area contributed by atoms with Gasteiger partial charge in [0.05, 0.1) is 0 Å². The predicted octanol–water partition coefficient (Wildman–Crippen LogP) is 3.51. The Bertz CT molecular complexity index is 382. The van der Waals surface area contributed by atoms with Gasteiger partial charge >= 0.3 is 0 Å². The number of nitrogens with two attached hydrogens (primary N) is 1. The lowest BCUT2D eigenvalue weighted by Gasteiger charge is -2.35. The van der Waals surface area contributed by atoms with Gasteiger partial charge in [0.1, 0.15) is 0 Å². The van der Waals surface area contributed by atoms with Gasteiger partial charge in [-0.25, -0.2) is 0 Å². The summed E-state index contributed by atoms with van der Waals surface area (Å²) in [6.07, 6.45) is 1.36. The van der Waals surface area contributed by atoms with E-state index in [9.17, 15) is 0 Å². The van der Waals surface area contributed by atoms with Crippen LogP contribution in [0.3, 0.4) is 0 Å². The van der Waals surface area contributed by atoms with Crippen molar-refractivity contribution in [3.05, 3.63) is 28.2 Å². The van der Waals surface area contributed by atoms with Crippen LogP contribution in [-0.4, -0.2) is 18.0 Å². The smallest absolute Gasteiger partial charge is 0.0461 e. The standard InChI is InChI=1S/C14H21BrN2/c1-10-6-11(2)8-17(7-10)9-12-4-3-5-13(16)14(12)15/h3-5,10-11H,6-9,16H2,1-2H3. The second kappa shape index (κ2) is 5.40. The zero-order valence-corrected chi connectivity index (χ0v) is 12.2. The summed E-state index contributed by atoms with van der Waals surface area (Å²) in [6, 6.07) is 6.13. The van der Waals surface area contributed by atoms with E-state index in [1.165, 1.54) is 25.1 Å². The summed E-state index contributed by atoms with van der Waals surface area (Å²) in [4.78, 5) is 2.54. The van der Waals surface area contributed by atoms with Crippen molar-refractivity contribution in [3.63, 3.8) is 0 Å². The molecule has 0 saturated carbocycles. The van der Waals surface area contributed by atoms with E-state index in [4.69, 9.17) is 5.73 Å². The molecule has 0 aromatic heterocycles. The molecule has 0 amide bonds. The van der Waals surface area contributed by atoms with E-state index in [-0.39, 0.29) is 0 Å². The minimum absolute atomic E-state index is 0.804. The molecule has 0 aliphatic carbocycles. The highest BCUT2D eigenvalue weighted by Gasteiger charge is 2.22. The summed E-state index contributed by atoms with van der Waals surface area (Å²) >= 11 is 3.59. The molecule has 2 rings (SSSR count). The van der Waals surface area contributed by atoms with Crippen LogP contribution >= 0.6 is 15.9 Å². The summed E-state index contributed by atoms with van der Waals surface area (Å²) in [5.74, 6) is 1.61. The fourth-order valence-electron chi connectivity index (χ4n) is 2.88. The van der Waals surface area contributed by atoms with Crippen molar-refractivity contribution in [1.29, 1.82) is 0 Å². The normalized spacial score (nSPS) is 26.1. The van der Waals surface area contributed by atoms with E-state index >= 15 is 0 Å². The largest absolute Gasteiger partial charge is 0.398 e. The molecule has 2 N–H and O–H groups in total. The molecular weight excluding hydrogens is 276 g/mol. The molecule has 2 atom stereocenters. The summed E-state index contributed by atoms with van der Waals surface area (Å²) < 4.78 is 1.06. The Kier molecular flexibility index (Phi) is 4.10. The molecular formula is C14H21BrN2. The lowest BCUT2D eigenvalue weighted by molar-refractivity contribution is 0.134. The highest BCUT2D eigenvalue weighted by molar-refractivity contribution is 9.10. The molecule has 1 aliphatic heterocycles. The molecule has 0 radical (unpaired) electrons. The number of anilines is 1. The molecule has 1 aromatic carbocycles. The van der Waals surface area contributed by atoms with Crippen LogP contribution in [0.15, 0.2) is 22.7 Å². The molecule has 1 fully saturated rings. The first-order chi connectivity index (χ1) is 8.06. The number of piperidine rings is 1. The van der Waals surface area contributed by atoms with E-state index in [1.807, 2.05) is 12.1 Å². The van der Waals surface area contributed by atoms with Gasteiger partial charge in [0, 0.05) is 29.8 Å². The van der Waals surface area contributed by atoms with Gasteiger partial charge in [0.2, 0.25) is 0 Å². The molecule has 2 unspecified atom stereocenters. The van der Waals surface area contributed by atoms with Gasteiger partial charge < -0.3 is 5.73 Å². The van der Waals surface area contributed by atoms with Crippen LogP contribution in [0.25, 0.3) is 0 Å². The molecule has 1 aliphatic rings. The molecule has 1 heterocycles. The van der Waals surface area contributed by atoms with Crippen LogP contribution in [0, 0.1) is 11.8 Å². The maximum atomic E-state index is 5.91. The van der Waals surface area contributed by atoms with E-state index in [1.54, 1.807) is 0 Å². The minimum Gasteiger partial charge on any atom is -0.398 e. The molecule has 3 heteroatoms. The Hall–Kier alpha value is -0.540. The van der Waals surface area contributed by atoms with E-state index in [2.05, 4.69) is 40.7 Å². The fraction of sp³-hybridized carbons (Fsp3) is 0.571. The lowest BCUT2D eigenvalue weighted by atomic mass is 9.91. The zero-order valence-electron chi connectivity index (χ0n) is 10.6. The highest BCUT2D eigenvalue weighted by atomic mass is 79.9. The quantitative estimate of drug-likeness (QED) is 0.846. The Morgan fingerprint density at radius 2 is 1.94 bits per heavy atom. The molecule has 0 bridgehead atoms. The Morgan fingerprint density at radius 3 is 2.59 bits per heavy atom. The van der Waals surface area contributed by atoms with Crippen LogP contribution in [0.5, 0.6) is 0 Å². The topological polar surface area (TPSA) is 29.3 Å². The van der Waals surface area contributed by atoms with Crippen LogP contribution in [0.1, 0.15) is 25.8 Å². The number of likely N-dealkylation sites (tertiary alicyclic amines) is 1. The van der Waals surface area contributed by atoms with Crippen LogP contribution in [-0.2, 0) is 6.54 Å². The molecule has 1 saturated heterocycles. The maximum Gasteiger partial charge on any atom is 0.0461 e. The summed E-state index contributed by atoms with van der Waals surface area (Å²) in [7, 11) is 0. The second-order valence-electron chi connectivity index (χ2n) is 5.46. The van der Waals surface area contributed by atoms with Gasteiger partial charge in [-0.2, -0.15) is 0 Å². The maximum absolute atomic E-state index is 5.91.